The summed E-state index contributed by atoms with van der Waals surface area (Å²) in [6, 6.07) is 15.1. The van der Waals surface area contributed by atoms with Gasteiger partial charge in [0.25, 0.3) is 5.56 Å². The summed E-state index contributed by atoms with van der Waals surface area (Å²) < 4.78 is 4.84. The Balaban J connectivity index is 1.86. The van der Waals surface area contributed by atoms with Crippen molar-refractivity contribution in [3.8, 4) is 11.1 Å². The number of rotatable bonds is 4. The van der Waals surface area contributed by atoms with Gasteiger partial charge in [-0.15, -0.1) is 0 Å². The maximum atomic E-state index is 13.0. The summed E-state index contributed by atoms with van der Waals surface area (Å²) in [4.78, 5) is 38.7. The summed E-state index contributed by atoms with van der Waals surface area (Å²) in [5, 5.41) is 2.84. The topological polar surface area (TPSA) is 78.0 Å². The lowest BCUT2D eigenvalue weighted by atomic mass is 10.1. The van der Waals surface area contributed by atoms with E-state index in [0.29, 0.717) is 16.7 Å². The molecule has 0 bridgehead atoms. The first-order chi connectivity index (χ1) is 14.8. The Morgan fingerprint density at radius 3 is 2.42 bits per heavy atom. The van der Waals surface area contributed by atoms with Crippen molar-refractivity contribution in [1.82, 2.24) is 13.7 Å². The average molecular weight is 481 g/mol. The van der Waals surface area contributed by atoms with Crippen LogP contribution in [-0.4, -0.2) is 19.6 Å². The summed E-state index contributed by atoms with van der Waals surface area (Å²) in [6.45, 7) is 1.73. The van der Waals surface area contributed by atoms with Crippen LogP contribution in [0.3, 0.4) is 0 Å². The van der Waals surface area contributed by atoms with Crippen LogP contribution in [0.15, 0.2) is 68.8 Å². The second-order valence-electron chi connectivity index (χ2n) is 7.48. The highest BCUT2D eigenvalue weighted by atomic mass is 79.9. The number of nitrogens with zero attached hydrogens (tertiary/aromatic N) is 3. The number of aryl methyl sites for hydroxylation is 2. The molecule has 1 N–H and O–H groups in total. The fourth-order valence-electron chi connectivity index (χ4n) is 3.69. The zero-order valence-corrected chi connectivity index (χ0v) is 18.9. The van der Waals surface area contributed by atoms with E-state index in [2.05, 4.69) is 21.2 Å². The summed E-state index contributed by atoms with van der Waals surface area (Å²) in [5.74, 6) is -0.366. The van der Waals surface area contributed by atoms with Crippen molar-refractivity contribution >= 4 is 38.6 Å². The monoisotopic (exact) mass is 480 g/mol. The van der Waals surface area contributed by atoms with Crippen LogP contribution in [0, 0.1) is 6.92 Å². The molecule has 8 heteroatoms. The molecule has 0 atom stereocenters. The fraction of sp³-hybridized carbons (Fsp3) is 0.174. The second-order valence-corrected chi connectivity index (χ2v) is 8.34. The molecule has 1 amide bonds. The van der Waals surface area contributed by atoms with Crippen molar-refractivity contribution in [3.05, 3.63) is 85.6 Å². The summed E-state index contributed by atoms with van der Waals surface area (Å²) in [5.41, 5.74) is 3.11. The third-order valence-electron chi connectivity index (χ3n) is 5.24. The Kier molecular flexibility index (Phi) is 5.41. The molecule has 0 aliphatic heterocycles. The van der Waals surface area contributed by atoms with E-state index in [9.17, 15) is 14.4 Å². The molecule has 4 rings (SSSR count). The van der Waals surface area contributed by atoms with Crippen molar-refractivity contribution in [2.75, 3.05) is 5.32 Å². The Hall–Kier alpha value is -3.39. The third kappa shape index (κ3) is 3.74. The molecule has 2 aromatic carbocycles. The Morgan fingerprint density at radius 1 is 1.03 bits per heavy atom. The first kappa shape index (κ1) is 20.9. The molecule has 0 aliphatic rings. The average Bonchev–Trinajstić information content (AvgIpc) is 3.09. The van der Waals surface area contributed by atoms with Crippen molar-refractivity contribution in [3.63, 3.8) is 0 Å². The Morgan fingerprint density at radius 2 is 1.74 bits per heavy atom. The van der Waals surface area contributed by atoms with E-state index in [4.69, 9.17) is 0 Å². The van der Waals surface area contributed by atoms with Crippen LogP contribution in [0.1, 0.15) is 5.56 Å². The third-order valence-corrected chi connectivity index (χ3v) is 5.89. The molecule has 7 nitrogen and oxygen atoms in total. The minimum absolute atomic E-state index is 0.229. The zero-order chi connectivity index (χ0) is 22.3. The van der Waals surface area contributed by atoms with Gasteiger partial charge in [0.1, 0.15) is 12.1 Å². The molecular weight excluding hydrogens is 460 g/mol. The molecule has 0 aliphatic carbocycles. The minimum atomic E-state index is -0.543. The predicted octanol–water partition coefficient (Wildman–Crippen LogP) is 3.42. The first-order valence-corrected chi connectivity index (χ1v) is 10.5. The number of benzene rings is 2. The fourth-order valence-corrected chi connectivity index (χ4v) is 4.28. The number of amides is 1. The van der Waals surface area contributed by atoms with Gasteiger partial charge in [-0.1, -0.05) is 36.4 Å². The van der Waals surface area contributed by atoms with Crippen LogP contribution in [0.25, 0.3) is 22.2 Å². The molecule has 0 spiro atoms. The molecular formula is C23H21BrN4O3. The van der Waals surface area contributed by atoms with Crippen molar-refractivity contribution in [2.45, 2.75) is 13.5 Å². The molecule has 4 aromatic rings. The first-order valence-electron chi connectivity index (χ1n) is 9.68. The van der Waals surface area contributed by atoms with Crippen LogP contribution in [0.4, 0.5) is 5.69 Å². The molecule has 0 saturated carbocycles. The van der Waals surface area contributed by atoms with E-state index in [-0.39, 0.29) is 12.5 Å². The van der Waals surface area contributed by atoms with E-state index in [1.54, 1.807) is 17.7 Å². The molecule has 0 unspecified atom stereocenters. The van der Waals surface area contributed by atoms with Crippen LogP contribution >= 0.6 is 15.9 Å². The van der Waals surface area contributed by atoms with Gasteiger partial charge >= 0.3 is 5.69 Å². The highest BCUT2D eigenvalue weighted by molar-refractivity contribution is 9.10. The van der Waals surface area contributed by atoms with Crippen molar-refractivity contribution in [1.29, 1.82) is 0 Å². The van der Waals surface area contributed by atoms with Gasteiger partial charge in [-0.25, -0.2) is 4.79 Å². The number of carbonyl (C=O) groups is 1. The van der Waals surface area contributed by atoms with Gasteiger partial charge in [-0.2, -0.15) is 0 Å². The highest BCUT2D eigenvalue weighted by Gasteiger charge is 2.21. The molecule has 0 fully saturated rings. The van der Waals surface area contributed by atoms with Gasteiger partial charge in [-0.05, 0) is 46.1 Å². The quantitative estimate of drug-likeness (QED) is 0.486. The van der Waals surface area contributed by atoms with Gasteiger partial charge < -0.3 is 9.88 Å². The molecule has 158 valence electrons. The van der Waals surface area contributed by atoms with Gasteiger partial charge in [-0.3, -0.25) is 18.7 Å². The van der Waals surface area contributed by atoms with E-state index in [1.807, 2.05) is 55.6 Å². The summed E-state index contributed by atoms with van der Waals surface area (Å²) >= 11 is 3.45. The number of hydrogen-bond donors (Lipinski definition) is 1. The van der Waals surface area contributed by atoms with Gasteiger partial charge in [0.05, 0.1) is 11.2 Å². The number of carbonyl (C=O) groups excluding carboxylic acids is 1. The molecule has 31 heavy (non-hydrogen) atoms. The van der Waals surface area contributed by atoms with Gasteiger partial charge in [0, 0.05) is 30.3 Å². The maximum absolute atomic E-state index is 13.0. The maximum Gasteiger partial charge on any atom is 0.331 e. The second kappa shape index (κ2) is 8.03. The smallest absolute Gasteiger partial charge is 0.331 e. The largest absolute Gasteiger partial charge is 0.344 e. The number of anilines is 1. The van der Waals surface area contributed by atoms with Gasteiger partial charge in [0.2, 0.25) is 5.91 Å². The number of nitrogens with one attached hydrogen (secondary N) is 1. The number of halogens is 1. The predicted molar refractivity (Wildman–Crippen MR) is 125 cm³/mol. The number of aromatic nitrogens is 3. The molecule has 0 saturated heterocycles. The standard InChI is InChI=1S/C23H21BrN4O3/c1-14-9-10-18(17(24)11-14)25-19(29)13-28-20-16(15-7-5-4-6-8-15)12-26(2)21(20)22(30)27(3)23(28)31/h4-12H,13H2,1-3H3,(H,25,29). The van der Waals surface area contributed by atoms with Crippen LogP contribution in [0.2, 0.25) is 0 Å². The normalized spacial score (nSPS) is 11.1. The van der Waals surface area contributed by atoms with Crippen molar-refractivity contribution < 1.29 is 4.79 Å². The van der Waals surface area contributed by atoms with E-state index in [1.165, 1.54) is 11.6 Å². The van der Waals surface area contributed by atoms with Crippen molar-refractivity contribution in [2.24, 2.45) is 14.1 Å². The molecule has 0 radical (unpaired) electrons. The SMILES string of the molecule is Cc1ccc(NC(=O)Cn2c(=O)n(C)c(=O)c3c2c(-c2ccccc2)cn3C)c(Br)c1. The van der Waals surface area contributed by atoms with Crippen LogP contribution in [-0.2, 0) is 25.4 Å². The Labute approximate surface area is 186 Å². The van der Waals surface area contributed by atoms with E-state index < -0.39 is 11.2 Å². The van der Waals surface area contributed by atoms with Crippen LogP contribution in [0.5, 0.6) is 0 Å². The number of hydrogen-bond acceptors (Lipinski definition) is 3. The molecule has 2 heterocycles. The van der Waals surface area contributed by atoms with E-state index >= 15 is 0 Å². The zero-order valence-electron chi connectivity index (χ0n) is 17.3. The summed E-state index contributed by atoms with van der Waals surface area (Å²) in [7, 11) is 3.18. The lowest BCUT2D eigenvalue weighted by Gasteiger charge is -2.13. The lowest BCUT2D eigenvalue weighted by molar-refractivity contribution is -0.116. The summed E-state index contributed by atoms with van der Waals surface area (Å²) in [6.07, 6.45) is 1.81. The Bertz CT molecular complexity index is 1430. The van der Waals surface area contributed by atoms with Gasteiger partial charge in [0.15, 0.2) is 0 Å². The van der Waals surface area contributed by atoms with E-state index in [0.717, 1.165) is 25.7 Å². The van der Waals surface area contributed by atoms with Crippen LogP contribution < -0.4 is 16.6 Å². The lowest BCUT2D eigenvalue weighted by Crippen LogP contribution is -2.40. The highest BCUT2D eigenvalue weighted by Crippen LogP contribution is 2.28. The minimum Gasteiger partial charge on any atom is -0.344 e. The number of fused-ring (bicyclic) bond motifs is 1. The molecule has 2 aromatic heterocycles.